The fourth-order valence-electron chi connectivity index (χ4n) is 1.88. The van der Waals surface area contributed by atoms with Gasteiger partial charge >= 0.3 is 0 Å². The highest BCUT2D eigenvalue weighted by atomic mass is 16.2. The number of nitrogens with two attached hydrogens (primary N) is 1. The molecule has 0 fully saturated rings. The van der Waals surface area contributed by atoms with E-state index in [0.29, 0.717) is 19.0 Å². The highest BCUT2D eigenvalue weighted by molar-refractivity contribution is 5.77. The van der Waals surface area contributed by atoms with Crippen LogP contribution >= 0.6 is 0 Å². The number of benzene rings is 1. The van der Waals surface area contributed by atoms with Gasteiger partial charge in [0.15, 0.2) is 0 Å². The van der Waals surface area contributed by atoms with Gasteiger partial charge in [-0.1, -0.05) is 38.1 Å². The van der Waals surface area contributed by atoms with E-state index in [1.807, 2.05) is 30.1 Å². The molecule has 1 aromatic rings. The van der Waals surface area contributed by atoms with Gasteiger partial charge in [0, 0.05) is 19.6 Å². The molecule has 0 atom stereocenters. The maximum atomic E-state index is 11.7. The van der Waals surface area contributed by atoms with Gasteiger partial charge < -0.3 is 11.1 Å². The fraction of sp³-hybridized carbons (Fsp3) is 0.533. The number of likely N-dealkylation sites (N-methyl/N-ethyl adjacent to an activating group) is 1. The van der Waals surface area contributed by atoms with Crippen molar-refractivity contribution in [3.8, 4) is 0 Å². The molecule has 0 aliphatic rings. The van der Waals surface area contributed by atoms with Crippen LogP contribution in [0.1, 0.15) is 25.0 Å². The van der Waals surface area contributed by atoms with Crippen LogP contribution in [0.15, 0.2) is 24.3 Å². The van der Waals surface area contributed by atoms with Crippen LogP contribution in [-0.2, 0) is 17.9 Å². The first-order chi connectivity index (χ1) is 9.02. The van der Waals surface area contributed by atoms with Crippen molar-refractivity contribution in [3.63, 3.8) is 0 Å². The highest BCUT2D eigenvalue weighted by Gasteiger charge is 2.09. The van der Waals surface area contributed by atoms with Crippen molar-refractivity contribution in [3.05, 3.63) is 35.4 Å². The maximum absolute atomic E-state index is 11.7. The van der Waals surface area contributed by atoms with Crippen molar-refractivity contribution >= 4 is 5.91 Å². The molecule has 0 unspecified atom stereocenters. The molecule has 0 aliphatic heterocycles. The lowest BCUT2D eigenvalue weighted by Gasteiger charge is -2.18. The van der Waals surface area contributed by atoms with Gasteiger partial charge in [0.25, 0.3) is 0 Å². The molecule has 0 spiro atoms. The van der Waals surface area contributed by atoms with Gasteiger partial charge in [-0.2, -0.15) is 0 Å². The predicted molar refractivity (Wildman–Crippen MR) is 78.5 cm³/mol. The molecule has 0 heterocycles. The summed E-state index contributed by atoms with van der Waals surface area (Å²) in [5, 5.41) is 2.92. The molecule has 19 heavy (non-hydrogen) atoms. The van der Waals surface area contributed by atoms with Gasteiger partial charge in [0.05, 0.1) is 6.54 Å². The van der Waals surface area contributed by atoms with Crippen LogP contribution in [0.3, 0.4) is 0 Å². The second-order valence-corrected chi connectivity index (χ2v) is 5.34. The summed E-state index contributed by atoms with van der Waals surface area (Å²) < 4.78 is 0. The lowest BCUT2D eigenvalue weighted by atomic mass is 10.1. The number of carbonyl (C=O) groups excluding carboxylic acids is 1. The number of rotatable bonds is 7. The van der Waals surface area contributed by atoms with Gasteiger partial charge in [-0.25, -0.2) is 0 Å². The summed E-state index contributed by atoms with van der Waals surface area (Å²) in [4.78, 5) is 13.7. The Labute approximate surface area is 116 Å². The molecule has 106 valence electrons. The summed E-state index contributed by atoms with van der Waals surface area (Å²) in [6, 6.07) is 8.08. The van der Waals surface area contributed by atoms with Gasteiger partial charge in [0.1, 0.15) is 0 Å². The minimum absolute atomic E-state index is 0.0708. The van der Waals surface area contributed by atoms with Crippen molar-refractivity contribution in [2.24, 2.45) is 11.7 Å². The SMILES string of the molecule is CC(C)CNC(=O)CN(C)Cc1ccccc1CN. The Morgan fingerprint density at radius 1 is 1.32 bits per heavy atom. The third-order valence-corrected chi connectivity index (χ3v) is 2.90. The van der Waals surface area contributed by atoms with E-state index in [1.165, 1.54) is 5.56 Å². The summed E-state index contributed by atoms with van der Waals surface area (Å²) in [6.45, 7) is 6.58. The second-order valence-electron chi connectivity index (χ2n) is 5.34. The van der Waals surface area contributed by atoms with Crippen molar-refractivity contribution in [2.45, 2.75) is 26.9 Å². The normalized spacial score (nSPS) is 11.1. The number of carbonyl (C=O) groups is 1. The topological polar surface area (TPSA) is 58.4 Å². The third kappa shape index (κ3) is 5.85. The first kappa shape index (κ1) is 15.7. The summed E-state index contributed by atoms with van der Waals surface area (Å²) >= 11 is 0. The fourth-order valence-corrected chi connectivity index (χ4v) is 1.88. The second kappa shape index (κ2) is 7.92. The molecular formula is C15H25N3O. The number of nitrogens with zero attached hydrogens (tertiary/aromatic N) is 1. The zero-order valence-corrected chi connectivity index (χ0v) is 12.1. The standard InChI is InChI=1S/C15H25N3O/c1-12(2)9-17-15(19)11-18(3)10-14-7-5-4-6-13(14)8-16/h4-7,12H,8-11,16H2,1-3H3,(H,17,19). The lowest BCUT2D eigenvalue weighted by Crippen LogP contribution is -2.36. The molecule has 1 amide bonds. The van der Waals surface area contributed by atoms with Gasteiger partial charge in [0.2, 0.25) is 5.91 Å². The number of hydrogen-bond acceptors (Lipinski definition) is 3. The van der Waals surface area contributed by atoms with E-state index in [0.717, 1.165) is 18.7 Å². The Bertz CT molecular complexity index is 404. The Morgan fingerprint density at radius 3 is 2.53 bits per heavy atom. The molecular weight excluding hydrogens is 238 g/mol. The van der Waals surface area contributed by atoms with E-state index in [4.69, 9.17) is 5.73 Å². The van der Waals surface area contributed by atoms with Crippen LogP contribution in [0.2, 0.25) is 0 Å². The monoisotopic (exact) mass is 263 g/mol. The van der Waals surface area contributed by atoms with Crippen LogP contribution < -0.4 is 11.1 Å². The van der Waals surface area contributed by atoms with Crippen LogP contribution in [0, 0.1) is 5.92 Å². The molecule has 3 N–H and O–H groups in total. The highest BCUT2D eigenvalue weighted by Crippen LogP contribution is 2.10. The molecule has 1 aromatic carbocycles. The number of amides is 1. The molecule has 0 aromatic heterocycles. The van der Waals surface area contributed by atoms with E-state index in [1.54, 1.807) is 0 Å². The van der Waals surface area contributed by atoms with Crippen LogP contribution in [-0.4, -0.2) is 30.9 Å². The summed E-state index contributed by atoms with van der Waals surface area (Å²) in [7, 11) is 1.95. The van der Waals surface area contributed by atoms with E-state index >= 15 is 0 Å². The minimum atomic E-state index is 0.0708. The van der Waals surface area contributed by atoms with E-state index < -0.39 is 0 Å². The van der Waals surface area contributed by atoms with Crippen LogP contribution in [0.4, 0.5) is 0 Å². The van der Waals surface area contributed by atoms with E-state index in [-0.39, 0.29) is 5.91 Å². The summed E-state index contributed by atoms with van der Waals surface area (Å²) in [5.74, 6) is 0.550. The Balaban J connectivity index is 2.46. The molecule has 0 bridgehead atoms. The van der Waals surface area contributed by atoms with Crippen LogP contribution in [0.5, 0.6) is 0 Å². The van der Waals surface area contributed by atoms with Crippen molar-refractivity contribution in [2.75, 3.05) is 20.1 Å². The van der Waals surface area contributed by atoms with Gasteiger partial charge in [-0.05, 0) is 24.1 Å². The first-order valence-electron chi connectivity index (χ1n) is 6.75. The van der Waals surface area contributed by atoms with Crippen molar-refractivity contribution in [1.82, 2.24) is 10.2 Å². The van der Waals surface area contributed by atoms with Gasteiger partial charge in [-0.3, -0.25) is 9.69 Å². The Hall–Kier alpha value is -1.39. The zero-order valence-electron chi connectivity index (χ0n) is 12.1. The maximum Gasteiger partial charge on any atom is 0.234 e. The molecule has 1 rings (SSSR count). The number of hydrogen-bond donors (Lipinski definition) is 2. The summed E-state index contributed by atoms with van der Waals surface area (Å²) in [5.41, 5.74) is 8.03. The average Bonchev–Trinajstić information content (AvgIpc) is 2.37. The molecule has 0 aliphatic carbocycles. The van der Waals surface area contributed by atoms with Crippen molar-refractivity contribution < 1.29 is 4.79 Å². The quantitative estimate of drug-likeness (QED) is 0.780. The Kier molecular flexibility index (Phi) is 6.53. The Morgan fingerprint density at radius 2 is 1.95 bits per heavy atom. The van der Waals surface area contributed by atoms with Crippen molar-refractivity contribution in [1.29, 1.82) is 0 Å². The predicted octanol–water partition coefficient (Wildman–Crippen LogP) is 1.35. The molecule has 0 saturated heterocycles. The molecule has 4 nitrogen and oxygen atoms in total. The smallest absolute Gasteiger partial charge is 0.234 e. The van der Waals surface area contributed by atoms with Gasteiger partial charge in [-0.15, -0.1) is 0 Å². The largest absolute Gasteiger partial charge is 0.355 e. The molecule has 4 heteroatoms. The van der Waals surface area contributed by atoms with Crippen LogP contribution in [0.25, 0.3) is 0 Å². The molecule has 0 saturated carbocycles. The first-order valence-corrected chi connectivity index (χ1v) is 6.75. The lowest BCUT2D eigenvalue weighted by molar-refractivity contribution is -0.122. The molecule has 0 radical (unpaired) electrons. The minimum Gasteiger partial charge on any atom is -0.355 e. The summed E-state index contributed by atoms with van der Waals surface area (Å²) in [6.07, 6.45) is 0. The zero-order chi connectivity index (χ0) is 14.3. The average molecular weight is 263 g/mol. The third-order valence-electron chi connectivity index (χ3n) is 2.90. The number of nitrogens with one attached hydrogen (secondary N) is 1. The van der Waals surface area contributed by atoms with E-state index in [9.17, 15) is 4.79 Å². The van der Waals surface area contributed by atoms with E-state index in [2.05, 4.69) is 25.2 Å².